The Labute approximate surface area is 195 Å². The highest BCUT2D eigenvalue weighted by Crippen LogP contribution is 2.27. The molecule has 1 aliphatic carbocycles. The Morgan fingerprint density at radius 2 is 1.82 bits per heavy atom. The van der Waals surface area contributed by atoms with Gasteiger partial charge < -0.3 is 10.2 Å². The predicted molar refractivity (Wildman–Crippen MR) is 129 cm³/mol. The van der Waals surface area contributed by atoms with Gasteiger partial charge in [0.15, 0.2) is 5.65 Å². The van der Waals surface area contributed by atoms with Crippen molar-refractivity contribution in [1.29, 1.82) is 0 Å². The first-order chi connectivity index (χ1) is 16.3. The van der Waals surface area contributed by atoms with E-state index in [0.717, 1.165) is 49.6 Å². The van der Waals surface area contributed by atoms with E-state index in [4.69, 9.17) is 0 Å². The average molecular weight is 448 g/mol. The van der Waals surface area contributed by atoms with Gasteiger partial charge in [0.05, 0.1) is 18.1 Å². The molecule has 2 fully saturated rings. The topological polar surface area (TPSA) is 79.2 Å². The van der Waals surface area contributed by atoms with E-state index in [2.05, 4.69) is 60.5 Å². The van der Waals surface area contributed by atoms with Gasteiger partial charge in [-0.1, -0.05) is 43.2 Å². The number of hydrogen-bond donors (Lipinski definition) is 1. The first-order valence-electron chi connectivity index (χ1n) is 12.2. The fraction of sp³-hybridized carbons (Fsp3) is 0.520. The lowest BCUT2D eigenvalue weighted by molar-refractivity contribution is -0.122. The van der Waals surface area contributed by atoms with Gasteiger partial charge in [0.1, 0.15) is 12.1 Å². The monoisotopic (exact) mass is 447 g/mol. The van der Waals surface area contributed by atoms with Crippen molar-refractivity contribution in [1.82, 2.24) is 30.0 Å². The van der Waals surface area contributed by atoms with Crippen LogP contribution in [0.2, 0.25) is 0 Å². The molecule has 1 saturated carbocycles. The lowest BCUT2D eigenvalue weighted by Crippen LogP contribution is -2.46. The number of anilines is 1. The molecule has 5 rings (SSSR count). The SMILES string of the molecule is O=C(CC1CCCC1)NCCn1ncc2c(N3CCN(Cc4ccccc4)CC3)ncnc21. The molecule has 174 valence electrons. The quantitative estimate of drug-likeness (QED) is 0.572. The van der Waals surface area contributed by atoms with E-state index in [1.807, 2.05) is 10.9 Å². The van der Waals surface area contributed by atoms with Crippen LogP contribution in [0, 0.1) is 5.92 Å². The number of hydrogen-bond acceptors (Lipinski definition) is 6. The van der Waals surface area contributed by atoms with Crippen molar-refractivity contribution in [2.24, 2.45) is 5.92 Å². The van der Waals surface area contributed by atoms with E-state index in [-0.39, 0.29) is 5.91 Å². The van der Waals surface area contributed by atoms with Gasteiger partial charge in [-0.15, -0.1) is 0 Å². The third-order valence-electron chi connectivity index (χ3n) is 6.93. The minimum absolute atomic E-state index is 0.155. The van der Waals surface area contributed by atoms with Crippen molar-refractivity contribution in [3.8, 4) is 0 Å². The normalized spacial score (nSPS) is 17.6. The van der Waals surface area contributed by atoms with Crippen LogP contribution in [0.25, 0.3) is 11.0 Å². The maximum Gasteiger partial charge on any atom is 0.220 e. The van der Waals surface area contributed by atoms with E-state index >= 15 is 0 Å². The minimum atomic E-state index is 0.155. The van der Waals surface area contributed by atoms with Gasteiger partial charge in [0.2, 0.25) is 5.91 Å². The number of nitrogens with zero attached hydrogens (tertiary/aromatic N) is 6. The number of amides is 1. The molecule has 2 aliphatic rings. The highest BCUT2D eigenvalue weighted by Gasteiger charge is 2.22. The predicted octanol–water partition coefficient (Wildman–Crippen LogP) is 2.85. The summed E-state index contributed by atoms with van der Waals surface area (Å²) < 4.78 is 1.88. The number of rotatable bonds is 8. The van der Waals surface area contributed by atoms with Gasteiger partial charge in [-0.2, -0.15) is 5.10 Å². The van der Waals surface area contributed by atoms with Crippen molar-refractivity contribution in [3.63, 3.8) is 0 Å². The standard InChI is InChI=1S/C25H33N7O/c33-23(16-20-6-4-5-7-20)26-10-11-32-25-22(17-29-32)24(27-19-28-25)31-14-12-30(13-15-31)18-21-8-2-1-3-9-21/h1-3,8-9,17,19-20H,4-7,10-16,18H2,(H,26,33). The lowest BCUT2D eigenvalue weighted by Gasteiger charge is -2.35. The summed E-state index contributed by atoms with van der Waals surface area (Å²) in [4.78, 5) is 26.1. The van der Waals surface area contributed by atoms with E-state index in [0.29, 0.717) is 25.4 Å². The zero-order valence-electron chi connectivity index (χ0n) is 19.2. The summed E-state index contributed by atoms with van der Waals surface area (Å²) in [6.07, 6.45) is 9.06. The van der Waals surface area contributed by atoms with E-state index in [1.54, 1.807) is 6.33 Å². The number of fused-ring (bicyclic) bond motifs is 1. The minimum Gasteiger partial charge on any atom is -0.354 e. The maximum absolute atomic E-state index is 12.2. The van der Waals surface area contributed by atoms with Crippen molar-refractivity contribution < 1.29 is 4.79 Å². The molecule has 0 unspecified atom stereocenters. The van der Waals surface area contributed by atoms with Crippen LogP contribution in [0.4, 0.5) is 5.82 Å². The molecule has 33 heavy (non-hydrogen) atoms. The smallest absolute Gasteiger partial charge is 0.220 e. The molecule has 1 amide bonds. The Hall–Kier alpha value is -3.00. The highest BCUT2D eigenvalue weighted by molar-refractivity contribution is 5.86. The first kappa shape index (κ1) is 21.8. The van der Waals surface area contributed by atoms with E-state index in [9.17, 15) is 4.79 Å². The molecule has 8 nitrogen and oxygen atoms in total. The summed E-state index contributed by atoms with van der Waals surface area (Å²) in [6.45, 7) is 6.03. The summed E-state index contributed by atoms with van der Waals surface area (Å²) in [6, 6.07) is 10.6. The van der Waals surface area contributed by atoms with Gasteiger partial charge >= 0.3 is 0 Å². The molecule has 8 heteroatoms. The zero-order chi connectivity index (χ0) is 22.5. The van der Waals surface area contributed by atoms with E-state index in [1.165, 1.54) is 31.2 Å². The molecule has 0 bridgehead atoms. The van der Waals surface area contributed by atoms with Crippen molar-refractivity contribution >= 4 is 22.8 Å². The van der Waals surface area contributed by atoms with Crippen LogP contribution in [0.1, 0.15) is 37.7 Å². The number of aromatic nitrogens is 4. The molecule has 2 aromatic heterocycles. The molecule has 0 spiro atoms. The van der Waals surface area contributed by atoms with Crippen LogP contribution in [-0.4, -0.2) is 63.3 Å². The third-order valence-corrected chi connectivity index (χ3v) is 6.93. The van der Waals surface area contributed by atoms with Crippen LogP contribution in [0.5, 0.6) is 0 Å². The number of benzene rings is 1. The molecule has 3 heterocycles. The Morgan fingerprint density at radius 1 is 1.03 bits per heavy atom. The summed E-state index contributed by atoms with van der Waals surface area (Å²) in [5.41, 5.74) is 2.18. The van der Waals surface area contributed by atoms with Gasteiger partial charge in [-0.3, -0.25) is 9.69 Å². The molecule has 3 aromatic rings. The molecule has 0 atom stereocenters. The molecule has 1 saturated heterocycles. The van der Waals surface area contributed by atoms with Crippen molar-refractivity contribution in [2.45, 2.75) is 45.2 Å². The number of nitrogens with one attached hydrogen (secondary N) is 1. The maximum atomic E-state index is 12.2. The summed E-state index contributed by atoms with van der Waals surface area (Å²) in [7, 11) is 0. The molecule has 1 aliphatic heterocycles. The summed E-state index contributed by atoms with van der Waals surface area (Å²) in [5, 5.41) is 8.58. The summed E-state index contributed by atoms with van der Waals surface area (Å²) >= 11 is 0. The summed E-state index contributed by atoms with van der Waals surface area (Å²) in [5.74, 6) is 1.68. The second-order valence-electron chi connectivity index (χ2n) is 9.26. The van der Waals surface area contributed by atoms with Crippen LogP contribution < -0.4 is 10.2 Å². The van der Waals surface area contributed by atoms with Crippen LogP contribution in [0.15, 0.2) is 42.9 Å². The first-order valence-corrected chi connectivity index (χ1v) is 12.2. The fourth-order valence-corrected chi connectivity index (χ4v) is 5.11. The molecular formula is C25H33N7O. The number of carbonyl (C=O) groups is 1. The van der Waals surface area contributed by atoms with E-state index < -0.39 is 0 Å². The Kier molecular flexibility index (Phi) is 6.81. The Morgan fingerprint density at radius 3 is 2.61 bits per heavy atom. The van der Waals surface area contributed by atoms with Crippen LogP contribution in [-0.2, 0) is 17.9 Å². The van der Waals surface area contributed by atoms with Gasteiger partial charge in [-0.05, 0) is 24.3 Å². The Balaban J connectivity index is 1.16. The fourth-order valence-electron chi connectivity index (χ4n) is 5.11. The Bertz CT molecular complexity index is 1050. The average Bonchev–Trinajstić information content (AvgIpc) is 3.50. The van der Waals surface area contributed by atoms with Crippen molar-refractivity contribution in [3.05, 3.63) is 48.4 Å². The molecular weight excluding hydrogens is 414 g/mol. The molecule has 0 radical (unpaired) electrons. The van der Waals surface area contributed by atoms with Crippen LogP contribution >= 0.6 is 0 Å². The second-order valence-corrected chi connectivity index (χ2v) is 9.26. The second kappa shape index (κ2) is 10.3. The van der Waals surface area contributed by atoms with Crippen LogP contribution in [0.3, 0.4) is 0 Å². The van der Waals surface area contributed by atoms with Gasteiger partial charge in [0, 0.05) is 45.7 Å². The lowest BCUT2D eigenvalue weighted by atomic mass is 10.0. The zero-order valence-corrected chi connectivity index (χ0v) is 19.2. The largest absolute Gasteiger partial charge is 0.354 e. The number of carbonyl (C=O) groups excluding carboxylic acids is 1. The number of piperazine rings is 1. The van der Waals surface area contributed by atoms with Gasteiger partial charge in [0.25, 0.3) is 0 Å². The molecule has 1 N–H and O–H groups in total. The third kappa shape index (κ3) is 5.33. The van der Waals surface area contributed by atoms with Gasteiger partial charge in [-0.25, -0.2) is 14.6 Å². The highest BCUT2D eigenvalue weighted by atomic mass is 16.1. The van der Waals surface area contributed by atoms with Crippen molar-refractivity contribution in [2.75, 3.05) is 37.6 Å². The molecule has 1 aromatic carbocycles.